The number of nitrogens with zero attached hydrogens (tertiary/aromatic N) is 1. The number of hydrogen-bond acceptors (Lipinski definition) is 6. The molecule has 0 bridgehead atoms. The molecule has 1 aliphatic heterocycles. The number of amides is 1. The molecule has 0 saturated carbocycles. The van der Waals surface area contributed by atoms with Gasteiger partial charge in [0.1, 0.15) is 22.1 Å². The van der Waals surface area contributed by atoms with Gasteiger partial charge in [0, 0.05) is 13.1 Å². The van der Waals surface area contributed by atoms with Crippen LogP contribution >= 0.6 is 11.3 Å². The van der Waals surface area contributed by atoms with E-state index in [1.54, 1.807) is 0 Å². The Bertz CT molecular complexity index is 968. The largest absolute Gasteiger partial charge is 0.492 e. The first kappa shape index (κ1) is 22.5. The Kier molecular flexibility index (Phi) is 7.01. The van der Waals surface area contributed by atoms with E-state index in [1.165, 1.54) is 27.9 Å². The third kappa shape index (κ3) is 5.31. The van der Waals surface area contributed by atoms with E-state index in [0.29, 0.717) is 13.2 Å². The fraction of sp³-hybridized carbons (Fsp3) is 0.389. The van der Waals surface area contributed by atoms with Crippen LogP contribution in [0.15, 0.2) is 40.6 Å². The summed E-state index contributed by atoms with van der Waals surface area (Å²) in [4.78, 5) is 12.4. The number of rotatable bonds is 7. The molecule has 1 saturated heterocycles. The summed E-state index contributed by atoms with van der Waals surface area (Å²) in [5.41, 5.74) is -0.783. The van der Waals surface area contributed by atoms with Crippen LogP contribution in [-0.2, 0) is 20.9 Å². The number of alkyl halides is 3. The Labute approximate surface area is 175 Å². The molecule has 12 heteroatoms. The third-order valence-corrected chi connectivity index (χ3v) is 7.24. The molecule has 1 fully saturated rings. The van der Waals surface area contributed by atoms with Crippen LogP contribution < -0.4 is 10.1 Å². The van der Waals surface area contributed by atoms with Crippen molar-refractivity contribution in [3.8, 4) is 5.75 Å². The Balaban J connectivity index is 1.54. The first-order valence-corrected chi connectivity index (χ1v) is 11.3. The van der Waals surface area contributed by atoms with Gasteiger partial charge in [-0.1, -0.05) is 0 Å². The number of thiophene rings is 1. The number of carbonyl (C=O) groups excluding carboxylic acids is 1. The van der Waals surface area contributed by atoms with E-state index in [-0.39, 0.29) is 41.8 Å². The lowest BCUT2D eigenvalue weighted by Crippen LogP contribution is -2.41. The van der Waals surface area contributed by atoms with Crippen molar-refractivity contribution in [3.05, 3.63) is 46.2 Å². The monoisotopic (exact) mass is 464 g/mol. The highest BCUT2D eigenvalue weighted by atomic mass is 32.2. The van der Waals surface area contributed by atoms with Crippen LogP contribution in [-0.4, -0.2) is 58.1 Å². The zero-order chi connectivity index (χ0) is 21.8. The SMILES string of the molecule is O=C(NCCOc1ccc(C(F)(F)F)cc1)c1sccc1S(=O)(=O)N1CCOCC1. The summed E-state index contributed by atoms with van der Waals surface area (Å²) in [5.74, 6) is -0.336. The molecule has 0 radical (unpaired) electrons. The van der Waals surface area contributed by atoms with E-state index in [1.807, 2.05) is 0 Å². The van der Waals surface area contributed by atoms with E-state index < -0.39 is 27.7 Å². The molecule has 2 aromatic rings. The molecule has 0 aliphatic carbocycles. The Morgan fingerprint density at radius 3 is 2.47 bits per heavy atom. The molecule has 1 aliphatic rings. The van der Waals surface area contributed by atoms with Crippen LogP contribution in [0.4, 0.5) is 13.2 Å². The van der Waals surface area contributed by atoms with Gasteiger partial charge < -0.3 is 14.8 Å². The number of morpholine rings is 1. The predicted molar refractivity (Wildman–Crippen MR) is 103 cm³/mol. The highest BCUT2D eigenvalue weighted by Crippen LogP contribution is 2.30. The molecular formula is C18H19F3N2O5S2. The molecule has 2 heterocycles. The lowest BCUT2D eigenvalue weighted by atomic mass is 10.2. The number of benzene rings is 1. The number of hydrogen-bond donors (Lipinski definition) is 1. The van der Waals surface area contributed by atoms with Gasteiger partial charge in [0.05, 0.1) is 25.3 Å². The van der Waals surface area contributed by atoms with Gasteiger partial charge in [0.15, 0.2) is 0 Å². The zero-order valence-electron chi connectivity index (χ0n) is 15.6. The maximum absolute atomic E-state index is 12.8. The molecule has 1 N–H and O–H groups in total. The lowest BCUT2D eigenvalue weighted by molar-refractivity contribution is -0.137. The molecule has 0 spiro atoms. The fourth-order valence-corrected chi connectivity index (χ4v) is 5.47. The minimum absolute atomic E-state index is 0.00796. The summed E-state index contributed by atoms with van der Waals surface area (Å²) in [6.45, 7) is 1.10. The average Bonchev–Trinajstić information content (AvgIpc) is 3.22. The van der Waals surface area contributed by atoms with E-state index >= 15 is 0 Å². The number of nitrogens with one attached hydrogen (secondary N) is 1. The maximum atomic E-state index is 12.8. The van der Waals surface area contributed by atoms with Crippen LogP contribution in [0.5, 0.6) is 5.75 Å². The second-order valence-corrected chi connectivity index (χ2v) is 9.08. The minimum atomic E-state index is -4.42. The average molecular weight is 464 g/mol. The van der Waals surface area contributed by atoms with E-state index in [2.05, 4.69) is 5.32 Å². The van der Waals surface area contributed by atoms with E-state index in [0.717, 1.165) is 23.5 Å². The van der Waals surface area contributed by atoms with Gasteiger partial charge in [-0.05, 0) is 35.7 Å². The topological polar surface area (TPSA) is 84.9 Å². The fourth-order valence-electron chi connectivity index (χ4n) is 2.75. The molecule has 3 rings (SSSR count). The summed E-state index contributed by atoms with van der Waals surface area (Å²) >= 11 is 1.01. The molecule has 0 atom stereocenters. The maximum Gasteiger partial charge on any atom is 0.416 e. The number of sulfonamides is 1. The summed E-state index contributed by atoms with van der Waals surface area (Å²) < 4.78 is 75.0. The van der Waals surface area contributed by atoms with Crippen LogP contribution in [0.3, 0.4) is 0 Å². The van der Waals surface area contributed by atoms with Crippen molar-refractivity contribution >= 4 is 27.3 Å². The summed E-state index contributed by atoms with van der Waals surface area (Å²) in [7, 11) is -3.80. The lowest BCUT2D eigenvalue weighted by Gasteiger charge is -2.26. The summed E-state index contributed by atoms with van der Waals surface area (Å²) in [6.07, 6.45) is -4.42. The van der Waals surface area contributed by atoms with Crippen LogP contribution in [0, 0.1) is 0 Å². The molecule has 1 aromatic heterocycles. The molecule has 7 nitrogen and oxygen atoms in total. The Morgan fingerprint density at radius 1 is 1.17 bits per heavy atom. The third-order valence-electron chi connectivity index (χ3n) is 4.26. The van der Waals surface area contributed by atoms with Gasteiger partial charge >= 0.3 is 6.18 Å². The van der Waals surface area contributed by atoms with Crippen molar-refractivity contribution < 1.29 is 35.9 Å². The molecule has 1 aromatic carbocycles. The molecule has 1 amide bonds. The van der Waals surface area contributed by atoms with E-state index in [4.69, 9.17) is 9.47 Å². The van der Waals surface area contributed by atoms with Gasteiger partial charge in [-0.2, -0.15) is 17.5 Å². The second-order valence-electron chi connectivity index (χ2n) is 6.26. The standard InChI is InChI=1S/C18H19F3N2O5S2/c19-18(20,21)13-1-3-14(4-2-13)28-9-6-22-17(24)16-15(5-12-29-16)30(25,26)23-7-10-27-11-8-23/h1-5,12H,6-11H2,(H,22,24). The van der Waals surface area contributed by atoms with Crippen molar-refractivity contribution in [1.82, 2.24) is 9.62 Å². The van der Waals surface area contributed by atoms with Gasteiger partial charge in [0.25, 0.3) is 5.91 Å². The van der Waals surface area contributed by atoms with Crippen LogP contribution in [0.1, 0.15) is 15.2 Å². The summed E-state index contributed by atoms with van der Waals surface area (Å²) in [5, 5.41) is 4.09. The number of ether oxygens (including phenoxy) is 2. The molecule has 0 unspecified atom stereocenters. The van der Waals surface area contributed by atoms with Gasteiger partial charge in [-0.3, -0.25) is 4.79 Å². The first-order chi connectivity index (χ1) is 14.2. The first-order valence-electron chi connectivity index (χ1n) is 8.93. The normalized spacial score (nSPS) is 15.7. The highest BCUT2D eigenvalue weighted by molar-refractivity contribution is 7.89. The summed E-state index contributed by atoms with van der Waals surface area (Å²) in [6, 6.07) is 5.58. The zero-order valence-corrected chi connectivity index (χ0v) is 17.3. The van der Waals surface area contributed by atoms with Crippen molar-refractivity contribution in [2.75, 3.05) is 39.5 Å². The van der Waals surface area contributed by atoms with Gasteiger partial charge in [-0.15, -0.1) is 11.3 Å². The number of halogens is 3. The van der Waals surface area contributed by atoms with E-state index in [9.17, 15) is 26.4 Å². The molecule has 30 heavy (non-hydrogen) atoms. The smallest absolute Gasteiger partial charge is 0.416 e. The van der Waals surface area contributed by atoms with Crippen molar-refractivity contribution in [2.45, 2.75) is 11.1 Å². The van der Waals surface area contributed by atoms with Crippen molar-refractivity contribution in [2.24, 2.45) is 0 Å². The predicted octanol–water partition coefficient (Wildman–Crippen LogP) is 2.60. The van der Waals surface area contributed by atoms with Crippen molar-refractivity contribution in [1.29, 1.82) is 0 Å². The molecular weight excluding hydrogens is 445 g/mol. The molecule has 164 valence electrons. The Hall–Kier alpha value is -2.15. The number of carbonyl (C=O) groups is 1. The highest BCUT2D eigenvalue weighted by Gasteiger charge is 2.31. The van der Waals surface area contributed by atoms with Gasteiger partial charge in [0.2, 0.25) is 10.0 Å². The van der Waals surface area contributed by atoms with Crippen molar-refractivity contribution in [3.63, 3.8) is 0 Å². The quantitative estimate of drug-likeness (QED) is 0.637. The minimum Gasteiger partial charge on any atom is -0.492 e. The van der Waals surface area contributed by atoms with Crippen LogP contribution in [0.2, 0.25) is 0 Å². The van der Waals surface area contributed by atoms with Crippen LogP contribution in [0.25, 0.3) is 0 Å². The Morgan fingerprint density at radius 2 is 1.83 bits per heavy atom. The second kappa shape index (κ2) is 9.33. The van der Waals surface area contributed by atoms with Gasteiger partial charge in [-0.25, -0.2) is 8.42 Å².